The molecule has 0 saturated carbocycles. The molecule has 0 aliphatic rings. The van der Waals surface area contributed by atoms with Gasteiger partial charge in [0.1, 0.15) is 0 Å². The number of hydrogen-bond acceptors (Lipinski definition) is 4. The maximum absolute atomic E-state index is 11.0. The van der Waals surface area contributed by atoms with Gasteiger partial charge in [-0.15, -0.1) is 0 Å². The van der Waals surface area contributed by atoms with Gasteiger partial charge >= 0.3 is 0 Å². The van der Waals surface area contributed by atoms with Gasteiger partial charge in [-0.05, 0) is 18.6 Å². The van der Waals surface area contributed by atoms with Gasteiger partial charge in [0.05, 0.1) is 17.9 Å². The van der Waals surface area contributed by atoms with Gasteiger partial charge in [0.25, 0.3) is 5.91 Å². The van der Waals surface area contributed by atoms with Crippen LogP contribution in [0, 0.1) is 6.92 Å². The number of nitrogen functional groups attached to an aromatic ring is 1. The highest BCUT2D eigenvalue weighted by Gasteiger charge is 2.12. The van der Waals surface area contributed by atoms with E-state index in [2.05, 4.69) is 10.1 Å². The number of nitrogens with two attached hydrogens (primary N) is 2. The first kappa shape index (κ1) is 11.1. The van der Waals surface area contributed by atoms with Gasteiger partial charge in [0.2, 0.25) is 0 Å². The second-order valence-electron chi connectivity index (χ2n) is 3.76. The normalized spacial score (nSPS) is 10.4. The Bertz CT molecular complexity index is 561. The van der Waals surface area contributed by atoms with Crippen molar-refractivity contribution in [2.24, 2.45) is 5.73 Å². The minimum Gasteiger partial charge on any atom is -0.396 e. The van der Waals surface area contributed by atoms with Gasteiger partial charge in [-0.2, -0.15) is 5.10 Å². The standard InChI is InChI=1S/C11H13N5O/c1-7-3-2-4-14-9(7)6-16-5-8(12)10(15-16)11(13)17/h2-5H,6,12H2,1H3,(H2,13,17). The van der Waals surface area contributed by atoms with Gasteiger partial charge < -0.3 is 11.5 Å². The lowest BCUT2D eigenvalue weighted by Crippen LogP contribution is -2.14. The first-order valence-corrected chi connectivity index (χ1v) is 5.11. The van der Waals surface area contributed by atoms with Gasteiger partial charge in [0.15, 0.2) is 5.69 Å². The SMILES string of the molecule is Cc1cccnc1Cn1cc(N)c(C(N)=O)n1. The molecule has 0 aliphatic carbocycles. The molecule has 2 rings (SSSR count). The summed E-state index contributed by atoms with van der Waals surface area (Å²) in [4.78, 5) is 15.2. The average molecular weight is 231 g/mol. The van der Waals surface area contributed by atoms with Crippen LogP contribution in [-0.4, -0.2) is 20.7 Å². The van der Waals surface area contributed by atoms with Crippen molar-refractivity contribution in [2.75, 3.05) is 5.73 Å². The van der Waals surface area contributed by atoms with Crippen LogP contribution in [0.15, 0.2) is 24.5 Å². The van der Waals surface area contributed by atoms with Crippen molar-refractivity contribution < 1.29 is 4.79 Å². The molecule has 0 saturated heterocycles. The zero-order chi connectivity index (χ0) is 12.4. The maximum Gasteiger partial charge on any atom is 0.271 e. The fourth-order valence-electron chi connectivity index (χ4n) is 1.55. The van der Waals surface area contributed by atoms with E-state index in [0.29, 0.717) is 6.54 Å². The van der Waals surface area contributed by atoms with Crippen LogP contribution < -0.4 is 11.5 Å². The van der Waals surface area contributed by atoms with Crippen molar-refractivity contribution in [1.82, 2.24) is 14.8 Å². The Labute approximate surface area is 98.3 Å². The number of amides is 1. The number of pyridine rings is 1. The molecule has 6 heteroatoms. The predicted molar refractivity (Wildman–Crippen MR) is 63.2 cm³/mol. The molecule has 0 bridgehead atoms. The average Bonchev–Trinajstić information content (AvgIpc) is 2.63. The number of hydrogen-bond donors (Lipinski definition) is 2. The lowest BCUT2D eigenvalue weighted by Gasteiger charge is -2.03. The zero-order valence-corrected chi connectivity index (χ0v) is 9.42. The molecule has 0 spiro atoms. The molecule has 0 aromatic carbocycles. The topological polar surface area (TPSA) is 99.8 Å². The number of primary amides is 1. The van der Waals surface area contributed by atoms with Gasteiger partial charge in [-0.3, -0.25) is 14.5 Å². The van der Waals surface area contributed by atoms with Gasteiger partial charge in [0, 0.05) is 12.4 Å². The lowest BCUT2D eigenvalue weighted by molar-refractivity contribution is 0.0995. The fraction of sp³-hybridized carbons (Fsp3) is 0.182. The Morgan fingerprint density at radius 1 is 1.53 bits per heavy atom. The van der Waals surface area contributed by atoms with E-state index < -0.39 is 5.91 Å². The van der Waals surface area contributed by atoms with Crippen LogP contribution in [0.4, 0.5) is 5.69 Å². The Morgan fingerprint density at radius 2 is 2.29 bits per heavy atom. The lowest BCUT2D eigenvalue weighted by atomic mass is 10.2. The van der Waals surface area contributed by atoms with Crippen molar-refractivity contribution in [2.45, 2.75) is 13.5 Å². The minimum absolute atomic E-state index is 0.0959. The number of nitrogens with zero attached hydrogens (tertiary/aromatic N) is 3. The van der Waals surface area contributed by atoms with Crippen molar-refractivity contribution in [3.63, 3.8) is 0 Å². The summed E-state index contributed by atoms with van der Waals surface area (Å²) in [5.41, 5.74) is 13.1. The number of carbonyl (C=O) groups excluding carboxylic acids is 1. The van der Waals surface area contributed by atoms with Crippen LogP contribution in [0.25, 0.3) is 0 Å². The van der Waals surface area contributed by atoms with E-state index in [9.17, 15) is 4.79 Å². The quantitative estimate of drug-likeness (QED) is 0.794. The van der Waals surface area contributed by atoms with Crippen molar-refractivity contribution in [1.29, 1.82) is 0 Å². The second kappa shape index (κ2) is 4.25. The van der Waals surface area contributed by atoms with E-state index in [4.69, 9.17) is 11.5 Å². The molecule has 6 nitrogen and oxygen atoms in total. The summed E-state index contributed by atoms with van der Waals surface area (Å²) in [6, 6.07) is 3.83. The molecule has 17 heavy (non-hydrogen) atoms. The smallest absolute Gasteiger partial charge is 0.271 e. The van der Waals surface area contributed by atoms with Crippen LogP contribution in [-0.2, 0) is 6.54 Å². The van der Waals surface area contributed by atoms with Crippen molar-refractivity contribution in [3.8, 4) is 0 Å². The summed E-state index contributed by atoms with van der Waals surface area (Å²) in [6.45, 7) is 2.42. The first-order chi connectivity index (χ1) is 8.08. The minimum atomic E-state index is -0.626. The molecule has 2 aromatic heterocycles. The molecular weight excluding hydrogens is 218 g/mol. The third kappa shape index (κ3) is 2.25. The highest BCUT2D eigenvalue weighted by molar-refractivity contribution is 5.95. The summed E-state index contributed by atoms with van der Waals surface area (Å²) in [5.74, 6) is -0.626. The molecule has 0 fully saturated rings. The Morgan fingerprint density at radius 3 is 2.88 bits per heavy atom. The van der Waals surface area contributed by atoms with Gasteiger partial charge in [-0.1, -0.05) is 6.07 Å². The Kier molecular flexibility index (Phi) is 2.78. The number of aryl methyl sites for hydroxylation is 1. The highest BCUT2D eigenvalue weighted by Crippen LogP contribution is 2.11. The van der Waals surface area contributed by atoms with E-state index in [0.717, 1.165) is 11.3 Å². The van der Waals surface area contributed by atoms with E-state index in [1.807, 2.05) is 19.1 Å². The summed E-state index contributed by atoms with van der Waals surface area (Å²) in [5, 5.41) is 4.02. The summed E-state index contributed by atoms with van der Waals surface area (Å²) in [6.07, 6.45) is 3.29. The third-order valence-corrected chi connectivity index (χ3v) is 2.45. The van der Waals surface area contributed by atoms with Crippen LogP contribution in [0.2, 0.25) is 0 Å². The first-order valence-electron chi connectivity index (χ1n) is 5.11. The molecule has 0 atom stereocenters. The molecule has 2 heterocycles. The molecular formula is C11H13N5O. The van der Waals surface area contributed by atoms with Crippen LogP contribution >= 0.6 is 0 Å². The number of rotatable bonds is 3. The maximum atomic E-state index is 11.0. The Hall–Kier alpha value is -2.37. The summed E-state index contributed by atoms with van der Waals surface area (Å²) < 4.78 is 1.56. The molecule has 0 radical (unpaired) electrons. The van der Waals surface area contributed by atoms with Gasteiger partial charge in [-0.25, -0.2) is 0 Å². The zero-order valence-electron chi connectivity index (χ0n) is 9.42. The molecule has 4 N–H and O–H groups in total. The molecule has 2 aromatic rings. The monoisotopic (exact) mass is 231 g/mol. The number of anilines is 1. The number of carbonyl (C=O) groups is 1. The molecule has 0 aliphatic heterocycles. The molecule has 88 valence electrons. The van der Waals surface area contributed by atoms with E-state index in [1.54, 1.807) is 17.1 Å². The van der Waals surface area contributed by atoms with Crippen LogP contribution in [0.1, 0.15) is 21.7 Å². The van der Waals surface area contributed by atoms with Crippen LogP contribution in [0.5, 0.6) is 0 Å². The second-order valence-corrected chi connectivity index (χ2v) is 3.76. The highest BCUT2D eigenvalue weighted by atomic mass is 16.1. The molecule has 0 unspecified atom stereocenters. The summed E-state index contributed by atoms with van der Waals surface area (Å²) >= 11 is 0. The fourth-order valence-corrected chi connectivity index (χ4v) is 1.55. The third-order valence-electron chi connectivity index (χ3n) is 2.45. The van der Waals surface area contributed by atoms with Crippen molar-refractivity contribution >= 4 is 11.6 Å². The number of aromatic nitrogens is 3. The predicted octanol–water partition coefficient (Wildman–Crippen LogP) is 0.316. The molecule has 1 amide bonds. The Balaban J connectivity index is 2.28. The van der Waals surface area contributed by atoms with E-state index >= 15 is 0 Å². The van der Waals surface area contributed by atoms with Crippen molar-refractivity contribution in [3.05, 3.63) is 41.5 Å². The summed E-state index contributed by atoms with van der Waals surface area (Å²) in [7, 11) is 0. The van der Waals surface area contributed by atoms with Crippen LogP contribution in [0.3, 0.4) is 0 Å². The van der Waals surface area contributed by atoms with E-state index in [-0.39, 0.29) is 11.4 Å². The van der Waals surface area contributed by atoms with E-state index in [1.165, 1.54) is 0 Å². The largest absolute Gasteiger partial charge is 0.396 e.